The molecule has 0 fully saturated rings. The molecule has 4 aromatic carbocycles. The minimum atomic E-state index is -4.21. The molecular formula is C35H38FN3O5S. The molecule has 4 rings (SSSR count). The Kier molecular flexibility index (Phi) is 11.7. The molecule has 0 aliphatic carbocycles. The SMILES string of the molecule is CCCCNC(=O)[C@H](Cc1ccccc1)N(Cc1ccc(F)cc1)C(=O)CN(c1ccc(OC)cc1)S(=O)(=O)c1ccccc1. The molecule has 0 heterocycles. The predicted octanol–water partition coefficient (Wildman–Crippen LogP) is 5.59. The lowest BCUT2D eigenvalue weighted by molar-refractivity contribution is -0.140. The molecule has 0 saturated carbocycles. The fourth-order valence-corrected chi connectivity index (χ4v) is 6.28. The lowest BCUT2D eigenvalue weighted by Gasteiger charge is -2.34. The van der Waals surface area contributed by atoms with Gasteiger partial charge in [-0.15, -0.1) is 0 Å². The van der Waals surface area contributed by atoms with E-state index in [9.17, 15) is 22.4 Å². The van der Waals surface area contributed by atoms with Crippen LogP contribution < -0.4 is 14.4 Å². The highest BCUT2D eigenvalue weighted by Crippen LogP contribution is 2.27. The maximum atomic E-state index is 14.4. The van der Waals surface area contributed by atoms with Gasteiger partial charge < -0.3 is 15.0 Å². The van der Waals surface area contributed by atoms with Gasteiger partial charge in [-0.1, -0.05) is 74.0 Å². The van der Waals surface area contributed by atoms with E-state index >= 15 is 0 Å². The van der Waals surface area contributed by atoms with Crippen LogP contribution in [-0.2, 0) is 32.6 Å². The minimum Gasteiger partial charge on any atom is -0.497 e. The van der Waals surface area contributed by atoms with Crippen molar-refractivity contribution in [2.75, 3.05) is 24.5 Å². The zero-order chi connectivity index (χ0) is 32.2. The summed E-state index contributed by atoms with van der Waals surface area (Å²) in [4.78, 5) is 29.6. The number of benzene rings is 4. The third-order valence-electron chi connectivity index (χ3n) is 7.34. The van der Waals surface area contributed by atoms with Gasteiger partial charge in [0.05, 0.1) is 17.7 Å². The number of nitrogens with zero attached hydrogens (tertiary/aromatic N) is 2. The van der Waals surface area contributed by atoms with Crippen molar-refractivity contribution in [3.05, 3.63) is 126 Å². The maximum absolute atomic E-state index is 14.4. The predicted molar refractivity (Wildman–Crippen MR) is 173 cm³/mol. The summed E-state index contributed by atoms with van der Waals surface area (Å²) in [6, 6.07) is 28.2. The molecule has 0 aromatic heterocycles. The fraction of sp³-hybridized carbons (Fsp3) is 0.257. The Morgan fingerprint density at radius 1 is 0.844 bits per heavy atom. The highest BCUT2D eigenvalue weighted by atomic mass is 32.2. The van der Waals surface area contributed by atoms with E-state index in [1.807, 2.05) is 37.3 Å². The third-order valence-corrected chi connectivity index (χ3v) is 9.13. The Balaban J connectivity index is 1.77. The average Bonchev–Trinajstić information content (AvgIpc) is 3.07. The van der Waals surface area contributed by atoms with Crippen molar-refractivity contribution in [1.82, 2.24) is 10.2 Å². The molecule has 10 heteroatoms. The Labute approximate surface area is 264 Å². The molecule has 0 aliphatic heterocycles. The number of hydrogen-bond donors (Lipinski definition) is 1. The first-order chi connectivity index (χ1) is 21.7. The van der Waals surface area contributed by atoms with Crippen molar-refractivity contribution in [2.45, 2.75) is 43.7 Å². The topological polar surface area (TPSA) is 96.0 Å². The molecule has 0 aliphatic rings. The van der Waals surface area contributed by atoms with Crippen molar-refractivity contribution < 1.29 is 27.1 Å². The summed E-state index contributed by atoms with van der Waals surface area (Å²) in [5, 5.41) is 2.95. The van der Waals surface area contributed by atoms with Gasteiger partial charge in [-0.3, -0.25) is 13.9 Å². The van der Waals surface area contributed by atoms with E-state index < -0.39 is 34.3 Å². The van der Waals surface area contributed by atoms with E-state index in [0.717, 1.165) is 22.7 Å². The smallest absolute Gasteiger partial charge is 0.264 e. The van der Waals surface area contributed by atoms with Gasteiger partial charge in [0.25, 0.3) is 10.0 Å². The molecule has 4 aromatic rings. The van der Waals surface area contributed by atoms with E-state index in [1.165, 1.54) is 36.3 Å². The van der Waals surface area contributed by atoms with Gasteiger partial charge in [0, 0.05) is 19.5 Å². The molecular weight excluding hydrogens is 593 g/mol. The molecule has 0 bridgehead atoms. The molecule has 0 radical (unpaired) electrons. The van der Waals surface area contributed by atoms with Crippen LogP contribution in [0.15, 0.2) is 114 Å². The summed E-state index contributed by atoms with van der Waals surface area (Å²) in [5.74, 6) is -0.868. The van der Waals surface area contributed by atoms with Crippen molar-refractivity contribution in [1.29, 1.82) is 0 Å². The van der Waals surface area contributed by atoms with Crippen molar-refractivity contribution in [3.8, 4) is 5.75 Å². The van der Waals surface area contributed by atoms with Crippen LogP contribution in [-0.4, -0.2) is 51.4 Å². The normalized spacial score (nSPS) is 11.8. The van der Waals surface area contributed by atoms with Crippen molar-refractivity contribution in [2.24, 2.45) is 0 Å². The number of ether oxygens (including phenoxy) is 1. The summed E-state index contributed by atoms with van der Waals surface area (Å²) in [5.41, 5.74) is 1.67. The molecule has 1 atom stereocenters. The summed E-state index contributed by atoms with van der Waals surface area (Å²) in [6.07, 6.45) is 1.83. The van der Waals surface area contributed by atoms with Gasteiger partial charge in [0.2, 0.25) is 11.8 Å². The number of halogens is 1. The van der Waals surface area contributed by atoms with Crippen LogP contribution in [0.4, 0.5) is 10.1 Å². The molecule has 0 unspecified atom stereocenters. The molecule has 0 spiro atoms. The average molecular weight is 632 g/mol. The van der Waals surface area contributed by atoms with E-state index in [2.05, 4.69) is 5.32 Å². The summed E-state index contributed by atoms with van der Waals surface area (Å²) in [6.45, 7) is 1.82. The molecule has 0 saturated heterocycles. The van der Waals surface area contributed by atoms with E-state index in [-0.39, 0.29) is 29.5 Å². The van der Waals surface area contributed by atoms with Crippen LogP contribution in [0.25, 0.3) is 0 Å². The largest absolute Gasteiger partial charge is 0.497 e. The van der Waals surface area contributed by atoms with Gasteiger partial charge in [-0.25, -0.2) is 12.8 Å². The van der Waals surface area contributed by atoms with Gasteiger partial charge in [0.15, 0.2) is 0 Å². The number of methoxy groups -OCH3 is 1. The number of sulfonamides is 1. The van der Waals surface area contributed by atoms with Gasteiger partial charge >= 0.3 is 0 Å². The quantitative estimate of drug-likeness (QED) is 0.173. The second kappa shape index (κ2) is 15.9. The fourth-order valence-electron chi connectivity index (χ4n) is 4.84. The van der Waals surface area contributed by atoms with Crippen molar-refractivity contribution >= 4 is 27.5 Å². The zero-order valence-corrected chi connectivity index (χ0v) is 26.3. The number of hydrogen-bond acceptors (Lipinski definition) is 5. The van der Waals surface area contributed by atoms with Crippen LogP contribution in [0.2, 0.25) is 0 Å². The number of nitrogens with one attached hydrogen (secondary N) is 1. The molecule has 8 nitrogen and oxygen atoms in total. The second-order valence-corrected chi connectivity index (χ2v) is 12.4. The van der Waals surface area contributed by atoms with Crippen LogP contribution in [0.1, 0.15) is 30.9 Å². The van der Waals surface area contributed by atoms with Crippen LogP contribution in [0.5, 0.6) is 5.75 Å². The summed E-state index contributed by atoms with van der Waals surface area (Å²) >= 11 is 0. The zero-order valence-electron chi connectivity index (χ0n) is 25.4. The first kappa shape index (κ1) is 33.2. The number of carbonyl (C=O) groups excluding carboxylic acids is 2. The summed E-state index contributed by atoms with van der Waals surface area (Å²) < 4.78 is 48.1. The second-order valence-electron chi connectivity index (χ2n) is 10.5. The minimum absolute atomic E-state index is 0.0110. The van der Waals surface area contributed by atoms with Crippen LogP contribution in [0.3, 0.4) is 0 Å². The van der Waals surface area contributed by atoms with E-state index in [4.69, 9.17) is 4.74 Å². The number of carbonyl (C=O) groups is 2. The van der Waals surface area contributed by atoms with Gasteiger partial charge in [-0.2, -0.15) is 0 Å². The summed E-state index contributed by atoms with van der Waals surface area (Å²) in [7, 11) is -2.71. The standard InChI is InChI=1S/C35H38FN3O5S/c1-3-4-23-37-35(41)33(24-27-11-7-5-8-12-27)38(25-28-15-17-29(36)18-16-28)34(40)26-39(30-19-21-31(44-2)22-20-30)45(42,43)32-13-9-6-10-14-32/h5-22,33H,3-4,23-26H2,1-2H3,(H,37,41)/t33-/m0/s1. The van der Waals surface area contributed by atoms with Gasteiger partial charge in [-0.05, 0) is 66.1 Å². The Morgan fingerprint density at radius 2 is 1.47 bits per heavy atom. The third kappa shape index (κ3) is 8.92. The van der Waals surface area contributed by atoms with Crippen LogP contribution in [0, 0.1) is 5.82 Å². The number of amides is 2. The number of unbranched alkanes of at least 4 members (excludes halogenated alkanes) is 1. The number of rotatable bonds is 15. The Bertz CT molecular complexity index is 1630. The van der Waals surface area contributed by atoms with E-state index in [1.54, 1.807) is 54.6 Å². The van der Waals surface area contributed by atoms with E-state index in [0.29, 0.717) is 17.9 Å². The molecule has 1 N–H and O–H groups in total. The highest BCUT2D eigenvalue weighted by molar-refractivity contribution is 7.92. The highest BCUT2D eigenvalue weighted by Gasteiger charge is 2.34. The Hall–Kier alpha value is -4.70. The molecule has 236 valence electrons. The lowest BCUT2D eigenvalue weighted by Crippen LogP contribution is -2.53. The van der Waals surface area contributed by atoms with Crippen LogP contribution >= 0.6 is 0 Å². The first-order valence-electron chi connectivity index (χ1n) is 14.8. The van der Waals surface area contributed by atoms with Gasteiger partial charge in [0.1, 0.15) is 24.2 Å². The number of anilines is 1. The molecule has 45 heavy (non-hydrogen) atoms. The maximum Gasteiger partial charge on any atom is 0.264 e. The molecule has 2 amide bonds. The monoisotopic (exact) mass is 631 g/mol. The lowest BCUT2D eigenvalue weighted by atomic mass is 10.0. The first-order valence-corrected chi connectivity index (χ1v) is 16.2. The Morgan fingerprint density at radius 3 is 2.07 bits per heavy atom. The van der Waals surface area contributed by atoms with Crippen molar-refractivity contribution in [3.63, 3.8) is 0 Å².